The molecule has 4 fully saturated rings. The lowest BCUT2D eigenvalue weighted by molar-refractivity contribution is -0.141. The quantitative estimate of drug-likeness (QED) is 0.329. The lowest BCUT2D eigenvalue weighted by atomic mass is 9.92. The number of ether oxygens (including phenoxy) is 3. The first-order valence-corrected chi connectivity index (χ1v) is 17.9. The van der Waals surface area contributed by atoms with Crippen LogP contribution in [-0.2, 0) is 14.3 Å². The van der Waals surface area contributed by atoms with Crippen molar-refractivity contribution in [1.29, 1.82) is 5.26 Å². The first kappa shape index (κ1) is 36.7. The van der Waals surface area contributed by atoms with E-state index < -0.39 is 17.8 Å². The highest BCUT2D eigenvalue weighted by Crippen LogP contribution is 2.34. The summed E-state index contributed by atoms with van der Waals surface area (Å²) in [7, 11) is 1.60. The Morgan fingerprint density at radius 1 is 1.12 bits per heavy atom. The standard InChI is InChI=1S/C35H40FN9O5.C2H6.H2/c1-35(36)21-45(33(47)26-4-8-31(46)39-26)12-10-29(35)50-28-6-3-22(17-23(28)18-37)25-9-11-38-34(40-25)42-30-7-5-27(32(41-30)48-2)44-15-13-43(14-16-44)24-19-49-20-24;1-2;/h3,5-7,9,11,17,24,26,29H,4,8,10,12-16,19-21H2,1-2H3,(H,39,46)(H,38,40,41,42);1-2H3;1H/t26-,29?,35?;;/m0../s1. The fourth-order valence-corrected chi connectivity index (χ4v) is 6.90. The first-order valence-electron chi connectivity index (χ1n) is 17.9. The van der Waals surface area contributed by atoms with Gasteiger partial charge in [0.15, 0.2) is 5.67 Å². The van der Waals surface area contributed by atoms with Crippen LogP contribution in [0.4, 0.5) is 21.8 Å². The van der Waals surface area contributed by atoms with Gasteiger partial charge in [0.2, 0.25) is 23.6 Å². The van der Waals surface area contributed by atoms with Crippen LogP contribution in [0.5, 0.6) is 11.6 Å². The van der Waals surface area contributed by atoms with Crippen molar-refractivity contribution in [1.82, 2.24) is 30.1 Å². The number of nitrogens with one attached hydrogen (secondary N) is 2. The van der Waals surface area contributed by atoms with E-state index in [1.54, 1.807) is 37.6 Å². The number of amides is 2. The van der Waals surface area contributed by atoms with Crippen molar-refractivity contribution in [2.24, 2.45) is 0 Å². The SMILES string of the molecule is CC.COc1nc(Nc2nccc(-c3ccc(OC4CCN(C(=O)[C@@H]5CCC(=O)N5)CC4(C)F)c(C#N)c3)n2)ccc1N1CCN(C2COC2)CC1.[HH]. The molecular weight excluding hydrogens is 669 g/mol. The van der Waals surface area contributed by atoms with Crippen LogP contribution in [0, 0.1) is 11.3 Å². The molecule has 6 heterocycles. The molecule has 0 radical (unpaired) electrons. The van der Waals surface area contributed by atoms with Crippen LogP contribution in [0.1, 0.15) is 47.0 Å². The van der Waals surface area contributed by atoms with E-state index >= 15 is 4.39 Å². The van der Waals surface area contributed by atoms with Crippen LogP contribution in [0.15, 0.2) is 42.6 Å². The number of nitriles is 1. The van der Waals surface area contributed by atoms with Crippen molar-refractivity contribution >= 4 is 29.3 Å². The number of benzene rings is 1. The second-order valence-electron chi connectivity index (χ2n) is 13.2. The van der Waals surface area contributed by atoms with Gasteiger partial charge in [0, 0.05) is 58.8 Å². The van der Waals surface area contributed by atoms with Crippen LogP contribution in [0.3, 0.4) is 0 Å². The number of piperazine rings is 1. The van der Waals surface area contributed by atoms with E-state index in [2.05, 4.69) is 41.5 Å². The van der Waals surface area contributed by atoms with Crippen molar-refractivity contribution in [3.8, 4) is 29.0 Å². The number of rotatable bonds is 9. The molecule has 52 heavy (non-hydrogen) atoms. The zero-order chi connectivity index (χ0) is 36.8. The van der Waals surface area contributed by atoms with Gasteiger partial charge in [-0.25, -0.2) is 14.4 Å². The fourth-order valence-electron chi connectivity index (χ4n) is 6.90. The number of methoxy groups -OCH3 is 1. The summed E-state index contributed by atoms with van der Waals surface area (Å²) in [4.78, 5) is 44.3. The zero-order valence-electron chi connectivity index (χ0n) is 30.1. The van der Waals surface area contributed by atoms with Crippen LogP contribution in [0.2, 0.25) is 0 Å². The summed E-state index contributed by atoms with van der Waals surface area (Å²) in [6.07, 6.45) is 1.67. The summed E-state index contributed by atoms with van der Waals surface area (Å²) in [5.41, 5.74) is 0.488. The minimum atomic E-state index is -1.87. The number of nitrogens with zero attached hydrogens (tertiary/aromatic N) is 7. The predicted octanol–water partition coefficient (Wildman–Crippen LogP) is 3.94. The Kier molecular flexibility index (Phi) is 11.4. The summed E-state index contributed by atoms with van der Waals surface area (Å²) in [5.74, 6) is 1.13. The molecule has 14 nitrogen and oxygen atoms in total. The molecule has 1 aromatic carbocycles. The normalized spacial score (nSPS) is 23.4. The highest BCUT2D eigenvalue weighted by Gasteiger charge is 2.45. The molecule has 4 aliphatic heterocycles. The Labute approximate surface area is 304 Å². The molecule has 15 heteroatoms. The summed E-state index contributed by atoms with van der Waals surface area (Å²) in [5, 5.41) is 15.8. The molecule has 0 spiro atoms. The Bertz CT molecular complexity index is 1800. The van der Waals surface area contributed by atoms with Crippen molar-refractivity contribution in [3.63, 3.8) is 0 Å². The number of hydrogen-bond donors (Lipinski definition) is 2. The minimum absolute atomic E-state index is 0. The predicted molar refractivity (Wildman–Crippen MR) is 194 cm³/mol. The van der Waals surface area contributed by atoms with E-state index in [4.69, 9.17) is 14.2 Å². The number of likely N-dealkylation sites (tertiary alicyclic amines) is 1. The molecule has 278 valence electrons. The van der Waals surface area contributed by atoms with E-state index in [0.29, 0.717) is 47.8 Å². The molecule has 0 bridgehead atoms. The van der Waals surface area contributed by atoms with Gasteiger partial charge < -0.3 is 34.6 Å². The van der Waals surface area contributed by atoms with E-state index in [9.17, 15) is 14.9 Å². The van der Waals surface area contributed by atoms with Crippen LogP contribution in [-0.4, -0.2) is 120 Å². The molecule has 4 saturated heterocycles. The highest BCUT2D eigenvalue weighted by molar-refractivity contribution is 5.91. The Morgan fingerprint density at radius 3 is 2.56 bits per heavy atom. The Morgan fingerprint density at radius 2 is 1.90 bits per heavy atom. The third kappa shape index (κ3) is 8.03. The van der Waals surface area contributed by atoms with Crippen molar-refractivity contribution < 1.29 is 29.6 Å². The van der Waals surface area contributed by atoms with Gasteiger partial charge in [0.25, 0.3) is 0 Å². The van der Waals surface area contributed by atoms with Crippen LogP contribution >= 0.6 is 0 Å². The number of piperidine rings is 1. The molecule has 2 amide bonds. The lowest BCUT2D eigenvalue weighted by Crippen LogP contribution is -2.58. The van der Waals surface area contributed by atoms with E-state index in [1.165, 1.54) is 11.8 Å². The van der Waals surface area contributed by atoms with E-state index in [0.717, 1.165) is 45.1 Å². The number of aromatic nitrogens is 3. The summed E-state index contributed by atoms with van der Waals surface area (Å²) in [6.45, 7) is 10.8. The fraction of sp³-hybridized carbons (Fsp3) is 0.514. The number of alkyl halides is 1. The maximum Gasteiger partial charge on any atom is 0.245 e. The average Bonchev–Trinajstić information content (AvgIpc) is 3.58. The highest BCUT2D eigenvalue weighted by atomic mass is 19.1. The number of anilines is 3. The minimum Gasteiger partial charge on any atom is -0.486 e. The van der Waals surface area contributed by atoms with Gasteiger partial charge in [-0.3, -0.25) is 14.5 Å². The molecule has 2 unspecified atom stereocenters. The van der Waals surface area contributed by atoms with Gasteiger partial charge in [-0.2, -0.15) is 10.2 Å². The van der Waals surface area contributed by atoms with Crippen molar-refractivity contribution in [2.75, 3.05) is 69.8 Å². The van der Waals surface area contributed by atoms with Crippen LogP contribution < -0.4 is 25.0 Å². The molecule has 3 atom stereocenters. The molecule has 3 aromatic rings. The first-order chi connectivity index (χ1) is 25.2. The molecule has 2 N–H and O–H groups in total. The molecule has 0 aliphatic carbocycles. The molecule has 2 aromatic heterocycles. The second-order valence-corrected chi connectivity index (χ2v) is 13.2. The maximum absolute atomic E-state index is 15.9. The smallest absolute Gasteiger partial charge is 0.245 e. The number of pyridine rings is 1. The largest absolute Gasteiger partial charge is 0.486 e. The third-order valence-electron chi connectivity index (χ3n) is 9.82. The number of carbonyl (C=O) groups is 2. The molecule has 7 rings (SSSR count). The maximum atomic E-state index is 15.9. The van der Waals surface area contributed by atoms with E-state index in [1.807, 2.05) is 26.0 Å². The van der Waals surface area contributed by atoms with Gasteiger partial charge in [-0.1, -0.05) is 13.8 Å². The monoisotopic (exact) mass is 717 g/mol. The summed E-state index contributed by atoms with van der Waals surface area (Å²) in [6, 6.07) is 12.7. The molecular formula is C37H48FN9O5. The zero-order valence-corrected chi connectivity index (χ0v) is 30.1. The molecule has 0 saturated carbocycles. The van der Waals surface area contributed by atoms with E-state index in [-0.39, 0.29) is 44.1 Å². The van der Waals surface area contributed by atoms with Gasteiger partial charge >= 0.3 is 0 Å². The number of halogens is 1. The summed E-state index contributed by atoms with van der Waals surface area (Å²) >= 11 is 0. The second kappa shape index (κ2) is 16.1. The molecule has 4 aliphatic rings. The topological polar surface area (TPSA) is 158 Å². The number of carbonyl (C=O) groups excluding carboxylic acids is 2. The average molecular weight is 718 g/mol. The summed E-state index contributed by atoms with van der Waals surface area (Å²) < 4.78 is 33.0. The van der Waals surface area contributed by atoms with Crippen molar-refractivity contribution in [2.45, 2.75) is 63.9 Å². The van der Waals surface area contributed by atoms with Gasteiger partial charge in [0.1, 0.15) is 35.5 Å². The Hall–Kier alpha value is -5.07. The lowest BCUT2D eigenvalue weighted by Gasteiger charge is -2.43. The number of hydrogen-bond acceptors (Lipinski definition) is 12. The van der Waals surface area contributed by atoms with Gasteiger partial charge in [0.05, 0.1) is 44.2 Å². The van der Waals surface area contributed by atoms with Gasteiger partial charge in [-0.15, -0.1) is 0 Å². The third-order valence-corrected chi connectivity index (χ3v) is 9.82. The Balaban J connectivity index is 0.00000178. The van der Waals surface area contributed by atoms with Crippen molar-refractivity contribution in [3.05, 3.63) is 48.2 Å². The van der Waals surface area contributed by atoms with Gasteiger partial charge in [-0.05, 0) is 49.7 Å². The van der Waals surface area contributed by atoms with Crippen LogP contribution in [0.25, 0.3) is 11.3 Å².